The largest absolute Gasteiger partial charge is 0.496 e. The van der Waals surface area contributed by atoms with Crippen molar-refractivity contribution in [1.29, 1.82) is 0 Å². The van der Waals surface area contributed by atoms with Crippen LogP contribution >= 0.6 is 11.6 Å². The summed E-state index contributed by atoms with van der Waals surface area (Å²) in [4.78, 5) is 0. The van der Waals surface area contributed by atoms with Crippen LogP contribution in [0.15, 0.2) is 46.9 Å². The number of hydrogen-bond acceptors (Lipinski definition) is 6. The van der Waals surface area contributed by atoms with Gasteiger partial charge in [-0.1, -0.05) is 23.7 Å². The van der Waals surface area contributed by atoms with E-state index in [1.807, 2.05) is 30.3 Å². The van der Waals surface area contributed by atoms with Crippen molar-refractivity contribution in [3.63, 3.8) is 0 Å². The highest BCUT2D eigenvalue weighted by Crippen LogP contribution is 2.29. The van der Waals surface area contributed by atoms with Gasteiger partial charge >= 0.3 is 0 Å². The third-order valence-corrected chi connectivity index (χ3v) is 3.70. The average Bonchev–Trinajstić information content (AvgIpc) is 3.09. The number of nitrogens with zero attached hydrogens (tertiary/aromatic N) is 2. The summed E-state index contributed by atoms with van der Waals surface area (Å²) in [5.41, 5.74) is 1.59. The molecule has 7 heteroatoms. The molecule has 3 aromatic rings. The fourth-order valence-electron chi connectivity index (χ4n) is 2.21. The predicted molar refractivity (Wildman–Crippen MR) is 91.6 cm³/mol. The summed E-state index contributed by atoms with van der Waals surface area (Å²) >= 11 is 6.10. The molecule has 3 rings (SSSR count). The molecule has 0 amide bonds. The number of rotatable bonds is 6. The van der Waals surface area contributed by atoms with Crippen molar-refractivity contribution in [2.24, 2.45) is 0 Å². The zero-order valence-corrected chi connectivity index (χ0v) is 14.0. The average molecular weight is 346 g/mol. The molecule has 0 radical (unpaired) electrons. The van der Waals surface area contributed by atoms with Gasteiger partial charge in [0.1, 0.15) is 11.5 Å². The van der Waals surface area contributed by atoms with E-state index in [-0.39, 0.29) is 0 Å². The molecule has 0 saturated carbocycles. The van der Waals surface area contributed by atoms with Crippen LogP contribution in [-0.2, 0) is 6.54 Å². The molecule has 0 atom stereocenters. The van der Waals surface area contributed by atoms with Gasteiger partial charge in [-0.2, -0.15) is 0 Å². The molecule has 1 N–H and O–H groups in total. The normalized spacial score (nSPS) is 10.5. The van der Waals surface area contributed by atoms with Crippen LogP contribution in [0.5, 0.6) is 11.5 Å². The molecule has 2 aromatic carbocycles. The van der Waals surface area contributed by atoms with Crippen molar-refractivity contribution >= 4 is 17.3 Å². The SMILES string of the molecule is COc1ccc(NCc2nnc(-c3ccccc3OC)o2)cc1Cl. The fourth-order valence-corrected chi connectivity index (χ4v) is 2.47. The summed E-state index contributed by atoms with van der Waals surface area (Å²) in [5.74, 6) is 2.18. The highest BCUT2D eigenvalue weighted by Gasteiger charge is 2.13. The molecule has 1 aromatic heterocycles. The number of para-hydroxylation sites is 1. The number of aromatic nitrogens is 2. The molecule has 0 unspecified atom stereocenters. The lowest BCUT2D eigenvalue weighted by molar-refractivity contribution is 0.413. The van der Waals surface area contributed by atoms with Crippen LogP contribution in [0, 0.1) is 0 Å². The Morgan fingerprint density at radius 1 is 1.04 bits per heavy atom. The minimum atomic E-state index is 0.380. The first-order valence-electron chi connectivity index (χ1n) is 7.24. The van der Waals surface area contributed by atoms with Gasteiger partial charge in [-0.15, -0.1) is 10.2 Å². The van der Waals surface area contributed by atoms with Crippen molar-refractivity contribution in [1.82, 2.24) is 10.2 Å². The van der Waals surface area contributed by atoms with Crippen LogP contribution in [0.4, 0.5) is 5.69 Å². The zero-order valence-electron chi connectivity index (χ0n) is 13.2. The number of methoxy groups -OCH3 is 2. The summed E-state index contributed by atoms with van der Waals surface area (Å²) in [6.45, 7) is 0.380. The minimum absolute atomic E-state index is 0.380. The van der Waals surface area contributed by atoms with Crippen molar-refractivity contribution < 1.29 is 13.9 Å². The van der Waals surface area contributed by atoms with Gasteiger partial charge in [-0.05, 0) is 30.3 Å². The Morgan fingerprint density at radius 3 is 2.58 bits per heavy atom. The predicted octanol–water partition coefficient (Wildman–Crippen LogP) is 4.02. The number of benzene rings is 2. The van der Waals surface area contributed by atoms with Crippen molar-refractivity contribution in [2.45, 2.75) is 6.54 Å². The molecule has 0 saturated heterocycles. The number of anilines is 1. The van der Waals surface area contributed by atoms with Gasteiger partial charge in [0, 0.05) is 5.69 Å². The molecular formula is C17H16ClN3O3. The second-order valence-electron chi connectivity index (χ2n) is 4.90. The van der Waals surface area contributed by atoms with Gasteiger partial charge in [-0.25, -0.2) is 0 Å². The third-order valence-electron chi connectivity index (χ3n) is 3.40. The van der Waals surface area contributed by atoms with Gasteiger partial charge in [0.25, 0.3) is 5.89 Å². The minimum Gasteiger partial charge on any atom is -0.496 e. The Kier molecular flexibility index (Phi) is 4.86. The van der Waals surface area contributed by atoms with Crippen molar-refractivity contribution in [3.8, 4) is 23.0 Å². The topological polar surface area (TPSA) is 69.4 Å². The van der Waals surface area contributed by atoms with E-state index in [1.54, 1.807) is 26.4 Å². The maximum atomic E-state index is 6.10. The molecule has 0 bridgehead atoms. The maximum Gasteiger partial charge on any atom is 0.251 e. The molecule has 124 valence electrons. The number of hydrogen-bond donors (Lipinski definition) is 1. The van der Waals surface area contributed by atoms with Crippen LogP contribution in [0.2, 0.25) is 5.02 Å². The summed E-state index contributed by atoms with van der Waals surface area (Å²) in [6.07, 6.45) is 0. The van der Waals surface area contributed by atoms with Crippen LogP contribution in [0.1, 0.15) is 5.89 Å². The molecule has 0 aliphatic heterocycles. The first-order chi connectivity index (χ1) is 11.7. The van der Waals surface area contributed by atoms with Gasteiger partial charge < -0.3 is 19.2 Å². The maximum absolute atomic E-state index is 6.10. The highest BCUT2D eigenvalue weighted by atomic mass is 35.5. The number of ether oxygens (including phenoxy) is 2. The van der Waals surface area contributed by atoms with E-state index >= 15 is 0 Å². The Morgan fingerprint density at radius 2 is 1.83 bits per heavy atom. The van der Waals surface area contributed by atoms with Crippen molar-refractivity contribution in [3.05, 3.63) is 53.4 Å². The monoisotopic (exact) mass is 345 g/mol. The highest BCUT2D eigenvalue weighted by molar-refractivity contribution is 6.32. The fraction of sp³-hybridized carbons (Fsp3) is 0.176. The van der Waals surface area contributed by atoms with Gasteiger partial charge in [-0.3, -0.25) is 0 Å². The third kappa shape index (κ3) is 3.44. The second-order valence-corrected chi connectivity index (χ2v) is 5.31. The van der Waals surface area contributed by atoms with E-state index in [0.717, 1.165) is 11.3 Å². The molecular weight excluding hydrogens is 330 g/mol. The zero-order chi connectivity index (χ0) is 16.9. The smallest absolute Gasteiger partial charge is 0.251 e. The Balaban J connectivity index is 1.71. The van der Waals surface area contributed by atoms with E-state index in [9.17, 15) is 0 Å². The number of halogens is 1. The molecule has 24 heavy (non-hydrogen) atoms. The Hall–Kier alpha value is -2.73. The van der Waals surface area contributed by atoms with Gasteiger partial charge in [0.05, 0.1) is 31.4 Å². The van der Waals surface area contributed by atoms with E-state index in [1.165, 1.54) is 0 Å². The van der Waals surface area contributed by atoms with Crippen LogP contribution in [-0.4, -0.2) is 24.4 Å². The molecule has 0 aliphatic carbocycles. The first kappa shape index (κ1) is 16.1. The second kappa shape index (κ2) is 7.23. The molecule has 1 heterocycles. The Labute approximate surface area is 144 Å². The summed E-state index contributed by atoms with van der Waals surface area (Å²) in [7, 11) is 3.18. The quantitative estimate of drug-likeness (QED) is 0.727. The van der Waals surface area contributed by atoms with Crippen LogP contribution < -0.4 is 14.8 Å². The summed E-state index contributed by atoms with van der Waals surface area (Å²) in [6, 6.07) is 12.9. The standard InChI is InChI=1S/C17H16ClN3O3/c1-22-14-6-4-3-5-12(14)17-21-20-16(24-17)10-19-11-7-8-15(23-2)13(18)9-11/h3-9,19H,10H2,1-2H3. The number of nitrogens with one attached hydrogen (secondary N) is 1. The summed E-state index contributed by atoms with van der Waals surface area (Å²) < 4.78 is 16.1. The Bertz CT molecular complexity index is 835. The van der Waals surface area contributed by atoms with E-state index in [4.69, 9.17) is 25.5 Å². The van der Waals surface area contributed by atoms with Gasteiger partial charge in [0.2, 0.25) is 5.89 Å². The summed E-state index contributed by atoms with van der Waals surface area (Å²) in [5, 5.41) is 11.8. The van der Waals surface area contributed by atoms with Gasteiger partial charge in [0.15, 0.2) is 0 Å². The molecule has 6 nitrogen and oxygen atoms in total. The molecule has 0 aliphatic rings. The van der Waals surface area contributed by atoms with E-state index in [2.05, 4.69) is 15.5 Å². The lowest BCUT2D eigenvalue weighted by Gasteiger charge is -2.07. The molecule has 0 fully saturated rings. The van der Waals surface area contributed by atoms with E-state index in [0.29, 0.717) is 34.8 Å². The molecule has 0 spiro atoms. The van der Waals surface area contributed by atoms with Crippen LogP contribution in [0.25, 0.3) is 11.5 Å². The lowest BCUT2D eigenvalue weighted by atomic mass is 10.2. The lowest BCUT2D eigenvalue weighted by Crippen LogP contribution is -1.99. The first-order valence-corrected chi connectivity index (χ1v) is 7.62. The van der Waals surface area contributed by atoms with Crippen LogP contribution in [0.3, 0.4) is 0 Å². The van der Waals surface area contributed by atoms with E-state index < -0.39 is 0 Å². The van der Waals surface area contributed by atoms with Crippen molar-refractivity contribution in [2.75, 3.05) is 19.5 Å².